The molecule has 0 bridgehead atoms. The quantitative estimate of drug-likeness (QED) is 0.564. The number of hydrogen-bond donors (Lipinski definition) is 0. The van der Waals surface area contributed by atoms with Crippen molar-refractivity contribution in [1.29, 1.82) is 0 Å². The molecule has 28 heavy (non-hydrogen) atoms. The number of carbonyl (C=O) groups is 3. The lowest BCUT2D eigenvalue weighted by Gasteiger charge is -2.45. The summed E-state index contributed by atoms with van der Waals surface area (Å²) in [6.07, 6.45) is 2.79. The van der Waals surface area contributed by atoms with Crippen LogP contribution in [0.5, 0.6) is 0 Å². The van der Waals surface area contributed by atoms with Gasteiger partial charge in [-0.15, -0.1) is 0 Å². The predicted molar refractivity (Wildman–Crippen MR) is 111 cm³/mol. The molecule has 1 fully saturated rings. The number of aryl methyl sites for hydroxylation is 1. The maximum absolute atomic E-state index is 12.6. The number of rotatable bonds is 3. The number of ether oxygens (including phenoxy) is 1. The van der Waals surface area contributed by atoms with Crippen molar-refractivity contribution in [1.82, 2.24) is 4.90 Å². The fourth-order valence-corrected chi connectivity index (χ4v) is 4.69. The van der Waals surface area contributed by atoms with Gasteiger partial charge in [-0.1, -0.05) is 6.92 Å². The lowest BCUT2D eigenvalue weighted by Crippen LogP contribution is -2.45. The lowest BCUT2D eigenvalue weighted by molar-refractivity contribution is -0.143. The van der Waals surface area contributed by atoms with E-state index in [0.717, 1.165) is 34.2 Å². The highest BCUT2D eigenvalue weighted by Crippen LogP contribution is 2.44. The number of fused-ring (bicyclic) bond motifs is 1. The van der Waals surface area contributed by atoms with Gasteiger partial charge in [0, 0.05) is 18.3 Å². The topological polar surface area (TPSA) is 66.9 Å². The molecule has 2 aliphatic rings. The molecule has 1 aromatic rings. The van der Waals surface area contributed by atoms with Crippen LogP contribution in [0.1, 0.15) is 49.8 Å². The summed E-state index contributed by atoms with van der Waals surface area (Å²) in [6, 6.07) is 4.27. The van der Waals surface area contributed by atoms with E-state index in [1.807, 2.05) is 6.92 Å². The Kier molecular flexibility index (Phi) is 5.32. The van der Waals surface area contributed by atoms with E-state index in [0.29, 0.717) is 10.8 Å². The minimum Gasteiger partial charge on any atom is -0.468 e. The summed E-state index contributed by atoms with van der Waals surface area (Å²) in [4.78, 5) is 39.7. The third kappa shape index (κ3) is 3.55. The van der Waals surface area contributed by atoms with E-state index < -0.39 is 17.1 Å². The van der Waals surface area contributed by atoms with Gasteiger partial charge >= 0.3 is 5.97 Å². The van der Waals surface area contributed by atoms with Gasteiger partial charge in [0.2, 0.25) is 0 Å². The van der Waals surface area contributed by atoms with E-state index in [1.54, 1.807) is 6.08 Å². The summed E-state index contributed by atoms with van der Waals surface area (Å²) < 4.78 is 4.56. The number of thioether (sulfide) groups is 1. The van der Waals surface area contributed by atoms with Gasteiger partial charge < -0.3 is 9.64 Å². The predicted octanol–water partition coefficient (Wildman–Crippen LogP) is 3.93. The first-order chi connectivity index (χ1) is 13.0. The first kappa shape index (κ1) is 20.5. The number of methoxy groups -OCH3 is 1. The van der Waals surface area contributed by atoms with Crippen molar-refractivity contribution in [3.8, 4) is 0 Å². The molecule has 1 saturated heterocycles. The molecule has 1 unspecified atom stereocenters. The summed E-state index contributed by atoms with van der Waals surface area (Å²) in [7, 11) is 3.34. The van der Waals surface area contributed by atoms with Gasteiger partial charge in [-0.05, 0) is 79.8 Å². The van der Waals surface area contributed by atoms with Crippen molar-refractivity contribution in [3.05, 3.63) is 33.7 Å². The second-order valence-electron chi connectivity index (χ2n) is 8.09. The SMILES string of the molecule is COC(=O)CN1C(=O)S/C(=C/c2cc3c(cc2C)N(C)C(C)(C)CC3C)C1=O. The Labute approximate surface area is 169 Å². The third-order valence-corrected chi connectivity index (χ3v) is 6.60. The normalized spacial score (nSPS) is 22.6. The van der Waals surface area contributed by atoms with Gasteiger partial charge in [0.1, 0.15) is 6.54 Å². The van der Waals surface area contributed by atoms with Gasteiger partial charge in [0.05, 0.1) is 12.0 Å². The van der Waals surface area contributed by atoms with Crippen LogP contribution in [0.25, 0.3) is 6.08 Å². The van der Waals surface area contributed by atoms with Crippen molar-refractivity contribution in [3.63, 3.8) is 0 Å². The van der Waals surface area contributed by atoms with Gasteiger partial charge in [-0.25, -0.2) is 0 Å². The van der Waals surface area contributed by atoms with Crippen LogP contribution in [0.4, 0.5) is 10.5 Å². The molecule has 0 aromatic heterocycles. The molecule has 0 N–H and O–H groups in total. The standard InChI is InChI=1S/C21H26N2O4S/c1-12-7-16-15(13(2)10-21(3,4)22(16)5)8-14(12)9-17-19(25)23(20(26)28-17)11-18(24)27-6/h7-9,13H,10-11H2,1-6H3/b17-9+. The van der Waals surface area contributed by atoms with Gasteiger partial charge in [0.15, 0.2) is 0 Å². The Bertz CT molecular complexity index is 891. The van der Waals surface area contributed by atoms with E-state index in [2.05, 4.69) is 49.6 Å². The zero-order valence-electron chi connectivity index (χ0n) is 17.2. The molecule has 0 saturated carbocycles. The van der Waals surface area contributed by atoms with Crippen molar-refractivity contribution in [2.45, 2.75) is 45.6 Å². The Morgan fingerprint density at radius 3 is 2.68 bits per heavy atom. The molecule has 7 heteroatoms. The van der Waals surface area contributed by atoms with Gasteiger partial charge in [-0.3, -0.25) is 19.3 Å². The summed E-state index contributed by atoms with van der Waals surface area (Å²) in [6.45, 7) is 8.35. The number of imide groups is 1. The van der Waals surface area contributed by atoms with Gasteiger partial charge in [0.25, 0.3) is 11.1 Å². The van der Waals surface area contributed by atoms with Crippen LogP contribution < -0.4 is 4.90 Å². The first-order valence-electron chi connectivity index (χ1n) is 9.25. The fraction of sp³-hybridized carbons (Fsp3) is 0.476. The van der Waals surface area contributed by atoms with Gasteiger partial charge in [-0.2, -0.15) is 0 Å². The number of anilines is 1. The first-order valence-corrected chi connectivity index (χ1v) is 10.1. The van der Waals surface area contributed by atoms with Crippen molar-refractivity contribution < 1.29 is 19.1 Å². The van der Waals surface area contributed by atoms with E-state index in [-0.39, 0.29) is 12.1 Å². The molecule has 1 aromatic carbocycles. The highest BCUT2D eigenvalue weighted by Gasteiger charge is 2.37. The van der Waals surface area contributed by atoms with E-state index >= 15 is 0 Å². The Balaban J connectivity index is 1.96. The third-order valence-electron chi connectivity index (χ3n) is 5.70. The molecule has 1 atom stereocenters. The van der Waals surface area contributed by atoms with E-state index in [4.69, 9.17) is 0 Å². The van der Waals surface area contributed by atoms with Crippen LogP contribution in [-0.4, -0.2) is 48.3 Å². The summed E-state index contributed by atoms with van der Waals surface area (Å²) in [5, 5.41) is -0.452. The molecule has 0 spiro atoms. The molecule has 150 valence electrons. The number of carbonyl (C=O) groups excluding carboxylic acids is 3. The Hall–Kier alpha value is -2.28. The van der Waals surface area contributed by atoms with Crippen molar-refractivity contribution in [2.75, 3.05) is 25.6 Å². The maximum Gasteiger partial charge on any atom is 0.325 e. The zero-order chi connectivity index (χ0) is 20.8. The second-order valence-corrected chi connectivity index (χ2v) is 9.08. The van der Waals surface area contributed by atoms with E-state index in [9.17, 15) is 14.4 Å². The number of esters is 1. The van der Waals surface area contributed by atoms with Crippen LogP contribution >= 0.6 is 11.8 Å². The highest BCUT2D eigenvalue weighted by molar-refractivity contribution is 8.18. The molecule has 3 rings (SSSR count). The van der Waals surface area contributed by atoms with Crippen LogP contribution in [0.15, 0.2) is 17.0 Å². The highest BCUT2D eigenvalue weighted by atomic mass is 32.2. The molecule has 2 aliphatic heterocycles. The molecule has 0 aliphatic carbocycles. The van der Waals surface area contributed by atoms with Crippen molar-refractivity contribution in [2.24, 2.45) is 0 Å². The number of benzene rings is 1. The zero-order valence-corrected chi connectivity index (χ0v) is 18.0. The molecular weight excluding hydrogens is 376 g/mol. The number of nitrogens with zero attached hydrogens (tertiary/aromatic N) is 2. The summed E-state index contributed by atoms with van der Waals surface area (Å²) in [5.74, 6) is -0.680. The molecule has 2 amide bonds. The minimum atomic E-state index is -0.618. The molecule has 0 radical (unpaired) electrons. The monoisotopic (exact) mass is 402 g/mol. The number of hydrogen-bond acceptors (Lipinski definition) is 6. The molecule has 2 heterocycles. The lowest BCUT2D eigenvalue weighted by atomic mass is 9.79. The minimum absolute atomic E-state index is 0.0803. The number of amides is 2. The smallest absolute Gasteiger partial charge is 0.325 e. The maximum atomic E-state index is 12.6. The van der Waals surface area contributed by atoms with Crippen LogP contribution in [-0.2, 0) is 14.3 Å². The summed E-state index contributed by atoms with van der Waals surface area (Å²) in [5.41, 5.74) is 4.49. The Morgan fingerprint density at radius 1 is 1.36 bits per heavy atom. The second kappa shape index (κ2) is 7.28. The molecule has 6 nitrogen and oxygen atoms in total. The summed E-state index contributed by atoms with van der Waals surface area (Å²) >= 11 is 0.857. The van der Waals surface area contributed by atoms with E-state index in [1.165, 1.54) is 18.4 Å². The average molecular weight is 403 g/mol. The molecular formula is C21H26N2O4S. The van der Waals surface area contributed by atoms with Crippen LogP contribution in [0.3, 0.4) is 0 Å². The van der Waals surface area contributed by atoms with Crippen molar-refractivity contribution >= 4 is 40.6 Å². The van der Waals surface area contributed by atoms with Crippen LogP contribution in [0, 0.1) is 6.92 Å². The fourth-order valence-electron chi connectivity index (χ4n) is 3.86. The average Bonchev–Trinajstić information content (AvgIpc) is 2.88. The Morgan fingerprint density at radius 2 is 2.04 bits per heavy atom. The van der Waals surface area contributed by atoms with Crippen LogP contribution in [0.2, 0.25) is 0 Å². The largest absolute Gasteiger partial charge is 0.468 e.